The van der Waals surface area contributed by atoms with Gasteiger partial charge < -0.3 is 5.32 Å². The topological polar surface area (TPSA) is 29.9 Å². The number of hydrogen-bond donors (Lipinski definition) is 1. The fourth-order valence-corrected chi connectivity index (χ4v) is 2.30. The molecule has 0 spiro atoms. The third-order valence-electron chi connectivity index (χ3n) is 2.91. The maximum atomic E-state index is 13.5. The van der Waals surface area contributed by atoms with Gasteiger partial charge in [-0.1, -0.05) is 0 Å². The van der Waals surface area contributed by atoms with Gasteiger partial charge in [-0.15, -0.1) is 0 Å². The van der Waals surface area contributed by atoms with E-state index >= 15 is 0 Å². The van der Waals surface area contributed by atoms with Crippen LogP contribution in [0.1, 0.15) is 18.3 Å². The number of aromatic nitrogens is 2. The van der Waals surface area contributed by atoms with E-state index in [1.54, 1.807) is 4.68 Å². The van der Waals surface area contributed by atoms with Crippen LogP contribution in [0.15, 0.2) is 16.6 Å². The van der Waals surface area contributed by atoms with Gasteiger partial charge in [-0.2, -0.15) is 5.10 Å². The molecule has 0 amide bonds. The lowest BCUT2D eigenvalue weighted by Crippen LogP contribution is -2.09. The lowest BCUT2D eigenvalue weighted by molar-refractivity contribution is 0.496. The molecule has 0 atom stereocenters. The fraction of sp³-hybridized carbons (Fsp3) is 0.308. The lowest BCUT2D eigenvalue weighted by atomic mass is 10.2. The minimum absolute atomic E-state index is 0.0858. The van der Waals surface area contributed by atoms with E-state index in [9.17, 15) is 13.2 Å². The first kappa shape index (κ1) is 14.9. The molecule has 0 unspecified atom stereocenters. The van der Waals surface area contributed by atoms with E-state index in [1.807, 2.05) is 13.8 Å². The van der Waals surface area contributed by atoms with Crippen LogP contribution in [-0.4, -0.2) is 9.78 Å². The number of nitrogens with zero attached hydrogens (tertiary/aromatic N) is 2. The van der Waals surface area contributed by atoms with Gasteiger partial charge >= 0.3 is 0 Å². The Morgan fingerprint density at radius 2 is 1.85 bits per heavy atom. The Kier molecular flexibility index (Phi) is 4.37. The molecule has 0 aliphatic carbocycles. The molecule has 0 aliphatic rings. The average Bonchev–Trinajstić information content (AvgIpc) is 2.68. The number of hydrogen-bond acceptors (Lipinski definition) is 2. The van der Waals surface area contributed by atoms with Crippen LogP contribution in [0.5, 0.6) is 0 Å². The Labute approximate surface area is 122 Å². The van der Waals surface area contributed by atoms with E-state index in [0.717, 1.165) is 21.9 Å². The number of benzene rings is 1. The van der Waals surface area contributed by atoms with E-state index in [2.05, 4.69) is 26.3 Å². The van der Waals surface area contributed by atoms with E-state index in [1.165, 1.54) is 0 Å². The quantitative estimate of drug-likeness (QED) is 0.847. The zero-order chi connectivity index (χ0) is 14.9. The van der Waals surface area contributed by atoms with Crippen molar-refractivity contribution in [1.29, 1.82) is 0 Å². The highest BCUT2D eigenvalue weighted by Crippen LogP contribution is 2.24. The summed E-state index contributed by atoms with van der Waals surface area (Å²) in [4.78, 5) is 0. The van der Waals surface area contributed by atoms with Crippen molar-refractivity contribution in [2.45, 2.75) is 26.9 Å². The van der Waals surface area contributed by atoms with Crippen molar-refractivity contribution in [3.05, 3.63) is 45.4 Å². The summed E-state index contributed by atoms with van der Waals surface area (Å²) in [7, 11) is 0. The molecule has 20 heavy (non-hydrogen) atoms. The molecule has 3 nitrogen and oxygen atoms in total. The van der Waals surface area contributed by atoms with Gasteiger partial charge in [-0.25, -0.2) is 13.2 Å². The Bertz CT molecular complexity index is 640. The standard InChI is InChI=1S/C13H13BrF3N3/c1-3-20-12(13(14)7(2)19-20)6-18-11-5-9(16)8(15)4-10(11)17/h4-5,18H,3,6H2,1-2H3. The van der Waals surface area contributed by atoms with Gasteiger partial charge in [0.2, 0.25) is 0 Å². The van der Waals surface area contributed by atoms with Crippen LogP contribution in [0.3, 0.4) is 0 Å². The molecule has 0 bridgehead atoms. The molecule has 1 heterocycles. The van der Waals surface area contributed by atoms with Crippen molar-refractivity contribution in [2.75, 3.05) is 5.32 Å². The predicted octanol–water partition coefficient (Wildman–Crippen LogP) is 4.00. The summed E-state index contributed by atoms with van der Waals surface area (Å²) in [6, 6.07) is 1.33. The molecule has 0 radical (unpaired) electrons. The molecule has 1 aromatic heterocycles. The normalized spacial score (nSPS) is 10.9. The highest BCUT2D eigenvalue weighted by atomic mass is 79.9. The Morgan fingerprint density at radius 3 is 2.50 bits per heavy atom. The van der Waals surface area contributed by atoms with E-state index in [0.29, 0.717) is 12.6 Å². The molecule has 1 aromatic carbocycles. The average molecular weight is 348 g/mol. The fourth-order valence-electron chi connectivity index (χ4n) is 1.87. The van der Waals surface area contributed by atoms with Crippen molar-refractivity contribution in [3.63, 3.8) is 0 Å². The molecular formula is C13H13BrF3N3. The molecule has 0 saturated carbocycles. The van der Waals surface area contributed by atoms with Crippen molar-refractivity contribution in [2.24, 2.45) is 0 Å². The zero-order valence-electron chi connectivity index (χ0n) is 11.0. The monoisotopic (exact) mass is 347 g/mol. The summed E-state index contributed by atoms with van der Waals surface area (Å²) in [5.41, 5.74) is 1.54. The summed E-state index contributed by atoms with van der Waals surface area (Å²) in [6.07, 6.45) is 0. The number of aryl methyl sites for hydroxylation is 2. The second-order valence-corrected chi connectivity index (χ2v) is 5.05. The van der Waals surface area contributed by atoms with Crippen molar-refractivity contribution in [1.82, 2.24) is 9.78 Å². The SMILES string of the molecule is CCn1nc(C)c(Br)c1CNc1cc(F)c(F)cc1F. The van der Waals surface area contributed by atoms with Crippen molar-refractivity contribution in [3.8, 4) is 0 Å². The minimum atomic E-state index is -1.20. The van der Waals surface area contributed by atoms with Crippen LogP contribution in [0.4, 0.5) is 18.9 Å². The van der Waals surface area contributed by atoms with Gasteiger partial charge in [0.1, 0.15) is 5.82 Å². The number of anilines is 1. The smallest absolute Gasteiger partial charge is 0.161 e. The largest absolute Gasteiger partial charge is 0.377 e. The summed E-state index contributed by atoms with van der Waals surface area (Å²) in [6.45, 7) is 4.68. The summed E-state index contributed by atoms with van der Waals surface area (Å²) < 4.78 is 42.0. The highest BCUT2D eigenvalue weighted by Gasteiger charge is 2.14. The molecule has 2 rings (SSSR count). The summed E-state index contributed by atoms with van der Waals surface area (Å²) >= 11 is 3.41. The molecular weight excluding hydrogens is 335 g/mol. The van der Waals surface area contributed by atoms with Crippen molar-refractivity contribution >= 4 is 21.6 Å². The Hall–Kier alpha value is -1.50. The number of rotatable bonds is 4. The first-order valence-corrected chi connectivity index (χ1v) is 6.83. The zero-order valence-corrected chi connectivity index (χ0v) is 12.6. The lowest BCUT2D eigenvalue weighted by Gasteiger charge is -2.10. The highest BCUT2D eigenvalue weighted by molar-refractivity contribution is 9.10. The minimum Gasteiger partial charge on any atom is -0.377 e. The van der Waals surface area contributed by atoms with E-state index < -0.39 is 17.5 Å². The molecule has 2 aromatic rings. The van der Waals surface area contributed by atoms with Crippen LogP contribution < -0.4 is 5.32 Å². The first-order chi connectivity index (χ1) is 9.43. The molecule has 7 heteroatoms. The van der Waals surface area contributed by atoms with Gasteiger partial charge in [0.15, 0.2) is 11.6 Å². The van der Waals surface area contributed by atoms with Crippen LogP contribution >= 0.6 is 15.9 Å². The van der Waals surface area contributed by atoms with Crippen molar-refractivity contribution < 1.29 is 13.2 Å². The third kappa shape index (κ3) is 2.82. The molecule has 0 fully saturated rings. The van der Waals surface area contributed by atoms with Gasteiger partial charge in [0.25, 0.3) is 0 Å². The number of halogens is 4. The second-order valence-electron chi connectivity index (χ2n) is 4.26. The Morgan fingerprint density at radius 1 is 1.20 bits per heavy atom. The third-order valence-corrected chi connectivity index (χ3v) is 3.94. The molecule has 0 saturated heterocycles. The first-order valence-electron chi connectivity index (χ1n) is 6.04. The Balaban J connectivity index is 2.23. The van der Waals surface area contributed by atoms with E-state index in [4.69, 9.17) is 0 Å². The van der Waals surface area contributed by atoms with Gasteiger partial charge in [-0.05, 0) is 29.8 Å². The van der Waals surface area contributed by atoms with Crippen LogP contribution in [0.2, 0.25) is 0 Å². The van der Waals surface area contributed by atoms with Crippen LogP contribution in [0.25, 0.3) is 0 Å². The maximum absolute atomic E-state index is 13.5. The van der Waals surface area contributed by atoms with Gasteiger partial charge in [-0.3, -0.25) is 4.68 Å². The molecule has 108 valence electrons. The maximum Gasteiger partial charge on any atom is 0.161 e. The van der Waals surface area contributed by atoms with Crippen LogP contribution in [0, 0.1) is 24.4 Å². The van der Waals surface area contributed by atoms with Gasteiger partial charge in [0.05, 0.1) is 28.1 Å². The summed E-state index contributed by atoms with van der Waals surface area (Å²) in [5.74, 6) is -3.13. The second kappa shape index (κ2) is 5.87. The summed E-state index contributed by atoms with van der Waals surface area (Å²) in [5, 5.41) is 7.05. The molecule has 1 N–H and O–H groups in total. The van der Waals surface area contributed by atoms with Gasteiger partial charge in [0, 0.05) is 18.7 Å². The molecule has 0 aliphatic heterocycles. The number of nitrogens with one attached hydrogen (secondary N) is 1. The van der Waals surface area contributed by atoms with E-state index in [-0.39, 0.29) is 12.2 Å². The van der Waals surface area contributed by atoms with Crippen LogP contribution in [-0.2, 0) is 13.1 Å². The predicted molar refractivity (Wildman–Crippen MR) is 74.0 cm³/mol.